The SMILES string of the molecule is Cc1ccccc1N(C)c1ncc(CCl)c2ccccc12. The van der Waals surface area contributed by atoms with Crippen molar-refractivity contribution < 1.29 is 0 Å². The molecule has 3 rings (SSSR count). The second-order valence-corrected chi connectivity index (χ2v) is 5.40. The predicted molar refractivity (Wildman–Crippen MR) is 90.5 cm³/mol. The summed E-state index contributed by atoms with van der Waals surface area (Å²) in [7, 11) is 2.05. The summed E-state index contributed by atoms with van der Waals surface area (Å²) in [5.41, 5.74) is 3.45. The van der Waals surface area contributed by atoms with E-state index in [0.29, 0.717) is 5.88 Å². The zero-order chi connectivity index (χ0) is 14.8. The lowest BCUT2D eigenvalue weighted by molar-refractivity contribution is 1.12. The third-order valence-corrected chi connectivity index (χ3v) is 4.08. The number of hydrogen-bond acceptors (Lipinski definition) is 2. The number of pyridine rings is 1. The molecule has 0 N–H and O–H groups in total. The van der Waals surface area contributed by atoms with Gasteiger partial charge >= 0.3 is 0 Å². The lowest BCUT2D eigenvalue weighted by Crippen LogP contribution is -2.13. The molecule has 106 valence electrons. The Morgan fingerprint density at radius 1 is 1.00 bits per heavy atom. The first-order valence-corrected chi connectivity index (χ1v) is 7.47. The van der Waals surface area contributed by atoms with Crippen LogP contribution in [0.1, 0.15) is 11.1 Å². The number of alkyl halides is 1. The smallest absolute Gasteiger partial charge is 0.140 e. The molecule has 0 aliphatic heterocycles. The molecule has 0 radical (unpaired) electrons. The van der Waals surface area contributed by atoms with E-state index in [4.69, 9.17) is 11.6 Å². The van der Waals surface area contributed by atoms with E-state index in [1.54, 1.807) is 0 Å². The molecule has 0 amide bonds. The Hall–Kier alpha value is -2.06. The van der Waals surface area contributed by atoms with E-state index < -0.39 is 0 Å². The molecule has 0 aliphatic carbocycles. The summed E-state index contributed by atoms with van der Waals surface area (Å²) in [6.45, 7) is 2.11. The van der Waals surface area contributed by atoms with E-state index in [-0.39, 0.29) is 0 Å². The molecule has 0 spiro atoms. The first kappa shape index (κ1) is 13.9. The summed E-state index contributed by atoms with van der Waals surface area (Å²) in [6.07, 6.45) is 1.87. The van der Waals surface area contributed by atoms with Gasteiger partial charge in [-0.15, -0.1) is 11.6 Å². The van der Waals surface area contributed by atoms with Gasteiger partial charge < -0.3 is 4.90 Å². The van der Waals surface area contributed by atoms with Crippen molar-refractivity contribution in [2.45, 2.75) is 12.8 Å². The Balaban J connectivity index is 2.19. The minimum Gasteiger partial charge on any atom is -0.329 e. The number of para-hydroxylation sites is 1. The van der Waals surface area contributed by atoms with Crippen molar-refractivity contribution >= 4 is 33.9 Å². The van der Waals surface area contributed by atoms with Crippen LogP contribution < -0.4 is 4.90 Å². The zero-order valence-corrected chi connectivity index (χ0v) is 12.9. The largest absolute Gasteiger partial charge is 0.329 e. The molecular weight excluding hydrogens is 280 g/mol. The summed E-state index contributed by atoms with van der Waals surface area (Å²) in [4.78, 5) is 6.77. The van der Waals surface area contributed by atoms with Gasteiger partial charge in [0.25, 0.3) is 0 Å². The van der Waals surface area contributed by atoms with Gasteiger partial charge in [-0.25, -0.2) is 4.98 Å². The van der Waals surface area contributed by atoms with Crippen molar-refractivity contribution in [3.63, 3.8) is 0 Å². The third-order valence-electron chi connectivity index (χ3n) is 3.80. The topological polar surface area (TPSA) is 16.1 Å². The van der Waals surface area contributed by atoms with Gasteiger partial charge in [0.2, 0.25) is 0 Å². The standard InChI is InChI=1S/C18H17ClN2/c1-13-7-3-6-10-17(13)21(2)18-16-9-5-4-8-15(16)14(11-19)12-20-18/h3-10,12H,11H2,1-2H3. The fraction of sp³-hybridized carbons (Fsp3) is 0.167. The van der Waals surface area contributed by atoms with Crippen LogP contribution >= 0.6 is 11.6 Å². The summed E-state index contributed by atoms with van der Waals surface area (Å²) in [5, 5.41) is 2.29. The molecule has 2 aromatic carbocycles. The van der Waals surface area contributed by atoms with E-state index in [0.717, 1.165) is 27.8 Å². The van der Waals surface area contributed by atoms with Gasteiger partial charge in [-0.3, -0.25) is 0 Å². The molecule has 2 nitrogen and oxygen atoms in total. The molecule has 1 heterocycles. The average molecular weight is 297 g/mol. The van der Waals surface area contributed by atoms with Crippen molar-refractivity contribution in [1.29, 1.82) is 0 Å². The molecular formula is C18H17ClN2. The van der Waals surface area contributed by atoms with Gasteiger partial charge in [0.1, 0.15) is 5.82 Å². The second kappa shape index (κ2) is 5.74. The molecule has 3 aromatic rings. The van der Waals surface area contributed by atoms with Crippen molar-refractivity contribution in [2.24, 2.45) is 0 Å². The van der Waals surface area contributed by atoms with E-state index >= 15 is 0 Å². The van der Waals surface area contributed by atoms with Crippen LogP contribution in [0.15, 0.2) is 54.7 Å². The minimum atomic E-state index is 0.474. The van der Waals surface area contributed by atoms with E-state index in [1.807, 2.05) is 24.4 Å². The van der Waals surface area contributed by atoms with Crippen LogP contribution in [0.2, 0.25) is 0 Å². The number of fused-ring (bicyclic) bond motifs is 1. The molecule has 0 bridgehead atoms. The number of aromatic nitrogens is 1. The van der Waals surface area contributed by atoms with Crippen LogP contribution in [0.5, 0.6) is 0 Å². The Bertz CT molecular complexity index is 783. The first-order chi connectivity index (χ1) is 10.2. The highest BCUT2D eigenvalue weighted by Crippen LogP contribution is 2.32. The van der Waals surface area contributed by atoms with Crippen LogP contribution in [0.25, 0.3) is 10.8 Å². The lowest BCUT2D eigenvalue weighted by Gasteiger charge is -2.22. The number of aryl methyl sites for hydroxylation is 1. The van der Waals surface area contributed by atoms with Crippen molar-refractivity contribution in [3.8, 4) is 0 Å². The number of rotatable bonds is 3. The summed E-state index contributed by atoms with van der Waals surface area (Å²) in [5.74, 6) is 1.43. The van der Waals surface area contributed by atoms with Crippen LogP contribution in [-0.2, 0) is 5.88 Å². The highest BCUT2D eigenvalue weighted by molar-refractivity contribution is 6.18. The summed E-state index contributed by atoms with van der Waals surface area (Å²) in [6, 6.07) is 16.6. The lowest BCUT2D eigenvalue weighted by atomic mass is 10.1. The number of hydrogen-bond donors (Lipinski definition) is 0. The van der Waals surface area contributed by atoms with Gasteiger partial charge in [-0.05, 0) is 29.5 Å². The van der Waals surface area contributed by atoms with Crippen LogP contribution in [0.4, 0.5) is 11.5 Å². The molecule has 0 aliphatic rings. The average Bonchev–Trinajstić information content (AvgIpc) is 2.53. The normalized spacial score (nSPS) is 10.8. The predicted octanol–water partition coefficient (Wildman–Crippen LogP) is 5.05. The summed E-state index contributed by atoms with van der Waals surface area (Å²) >= 11 is 6.03. The van der Waals surface area contributed by atoms with Gasteiger partial charge in [-0.2, -0.15) is 0 Å². The highest BCUT2D eigenvalue weighted by Gasteiger charge is 2.13. The van der Waals surface area contributed by atoms with Crippen molar-refractivity contribution in [1.82, 2.24) is 4.98 Å². The second-order valence-electron chi connectivity index (χ2n) is 5.13. The molecule has 0 unspecified atom stereocenters. The Morgan fingerprint density at radius 2 is 1.67 bits per heavy atom. The Labute approximate surface area is 130 Å². The molecule has 0 saturated heterocycles. The number of anilines is 2. The quantitative estimate of drug-likeness (QED) is 0.629. The zero-order valence-electron chi connectivity index (χ0n) is 12.2. The number of benzene rings is 2. The van der Waals surface area contributed by atoms with Gasteiger partial charge in [0.15, 0.2) is 0 Å². The molecule has 0 fully saturated rings. The van der Waals surface area contributed by atoms with Gasteiger partial charge in [-0.1, -0.05) is 42.5 Å². The highest BCUT2D eigenvalue weighted by atomic mass is 35.5. The minimum absolute atomic E-state index is 0.474. The Kier molecular flexibility index (Phi) is 3.80. The summed E-state index contributed by atoms with van der Waals surface area (Å²) < 4.78 is 0. The maximum Gasteiger partial charge on any atom is 0.140 e. The van der Waals surface area contributed by atoms with Crippen LogP contribution in [-0.4, -0.2) is 12.0 Å². The number of nitrogens with zero attached hydrogens (tertiary/aromatic N) is 2. The van der Waals surface area contributed by atoms with E-state index in [1.165, 1.54) is 5.56 Å². The van der Waals surface area contributed by atoms with Crippen LogP contribution in [0.3, 0.4) is 0 Å². The fourth-order valence-corrected chi connectivity index (χ4v) is 2.88. The molecule has 1 aromatic heterocycles. The maximum atomic E-state index is 6.03. The van der Waals surface area contributed by atoms with E-state index in [2.05, 4.69) is 54.2 Å². The van der Waals surface area contributed by atoms with Gasteiger partial charge in [0, 0.05) is 30.2 Å². The third kappa shape index (κ3) is 2.47. The molecule has 21 heavy (non-hydrogen) atoms. The maximum absolute atomic E-state index is 6.03. The van der Waals surface area contributed by atoms with Crippen molar-refractivity contribution in [3.05, 3.63) is 65.9 Å². The van der Waals surface area contributed by atoms with Crippen LogP contribution in [0, 0.1) is 6.92 Å². The molecule has 0 saturated carbocycles. The van der Waals surface area contributed by atoms with E-state index in [9.17, 15) is 0 Å². The fourth-order valence-electron chi connectivity index (χ4n) is 2.66. The molecule has 3 heteroatoms. The monoisotopic (exact) mass is 296 g/mol. The molecule has 0 atom stereocenters. The number of halogens is 1. The van der Waals surface area contributed by atoms with Gasteiger partial charge in [0.05, 0.1) is 0 Å². The Morgan fingerprint density at radius 3 is 2.38 bits per heavy atom. The first-order valence-electron chi connectivity index (χ1n) is 6.94. The van der Waals surface area contributed by atoms with Crippen molar-refractivity contribution in [2.75, 3.05) is 11.9 Å².